The maximum absolute atomic E-state index is 13.4. The Morgan fingerprint density at radius 3 is 2.24 bits per heavy atom. The zero-order valence-electron chi connectivity index (χ0n) is 19.4. The maximum atomic E-state index is 13.4. The third-order valence-electron chi connectivity index (χ3n) is 4.90. The highest BCUT2D eigenvalue weighted by molar-refractivity contribution is 7.92. The molecule has 1 atom stereocenters. The van der Waals surface area contributed by atoms with Gasteiger partial charge in [0, 0.05) is 12.6 Å². The molecule has 10 heteroatoms. The molecule has 0 aliphatic carbocycles. The van der Waals surface area contributed by atoms with Crippen molar-refractivity contribution in [3.05, 3.63) is 59.1 Å². The molecule has 0 aromatic heterocycles. The maximum Gasteiger partial charge on any atom is 0.244 e. The summed E-state index contributed by atoms with van der Waals surface area (Å²) in [6.07, 6.45) is 1.01. The van der Waals surface area contributed by atoms with E-state index in [0.29, 0.717) is 5.75 Å². The normalized spacial score (nSPS) is 12.2. The number of rotatable bonds is 10. The fourth-order valence-corrected chi connectivity index (χ4v) is 4.29. The van der Waals surface area contributed by atoms with Gasteiger partial charge in [0.1, 0.15) is 18.3 Å². The number of carbonyl (C=O) groups excluding carboxylic acids is 2. The van der Waals surface area contributed by atoms with Crippen LogP contribution < -0.4 is 14.4 Å². The summed E-state index contributed by atoms with van der Waals surface area (Å²) in [4.78, 5) is 27.5. The molecule has 0 fully saturated rings. The summed E-state index contributed by atoms with van der Waals surface area (Å²) in [5.41, 5.74) is 1.03. The first-order valence-corrected chi connectivity index (χ1v) is 12.6. The lowest BCUT2D eigenvalue weighted by molar-refractivity contribution is -0.139. The average Bonchev–Trinajstić information content (AvgIpc) is 2.74. The van der Waals surface area contributed by atoms with Gasteiger partial charge in [-0.3, -0.25) is 13.9 Å². The molecule has 2 amide bonds. The summed E-state index contributed by atoms with van der Waals surface area (Å²) in [5, 5.41) is 3.01. The van der Waals surface area contributed by atoms with Crippen molar-refractivity contribution in [1.29, 1.82) is 0 Å². The predicted molar refractivity (Wildman–Crippen MR) is 130 cm³/mol. The number of hydrogen-bond donors (Lipinski definition) is 1. The topological polar surface area (TPSA) is 96.0 Å². The first-order valence-electron chi connectivity index (χ1n) is 10.4. The molecule has 0 radical (unpaired) electrons. The van der Waals surface area contributed by atoms with Crippen LogP contribution in [0.4, 0.5) is 5.69 Å². The number of sulfonamides is 1. The molecule has 0 bridgehead atoms. The average molecular weight is 496 g/mol. The number of nitrogens with zero attached hydrogens (tertiary/aromatic N) is 2. The highest BCUT2D eigenvalue weighted by atomic mass is 35.5. The highest BCUT2D eigenvalue weighted by Crippen LogP contribution is 2.30. The second-order valence-corrected chi connectivity index (χ2v) is 10.2. The van der Waals surface area contributed by atoms with Crippen LogP contribution in [-0.2, 0) is 26.2 Å². The van der Waals surface area contributed by atoms with Gasteiger partial charge >= 0.3 is 0 Å². The summed E-state index contributed by atoms with van der Waals surface area (Å²) in [7, 11) is -2.39. The first-order chi connectivity index (χ1) is 15.4. The van der Waals surface area contributed by atoms with Crippen molar-refractivity contribution < 1.29 is 22.7 Å². The SMILES string of the molecule is COc1ccc(N(CC(=O)N(Cc2ccccc2)[C@H](C)C(=O)NC(C)C)S(C)(=O)=O)cc1Cl. The number of amides is 2. The van der Waals surface area contributed by atoms with Gasteiger partial charge in [-0.1, -0.05) is 41.9 Å². The van der Waals surface area contributed by atoms with Crippen molar-refractivity contribution in [3.8, 4) is 5.75 Å². The molecule has 0 spiro atoms. The Morgan fingerprint density at radius 2 is 1.73 bits per heavy atom. The van der Waals surface area contributed by atoms with E-state index >= 15 is 0 Å². The summed E-state index contributed by atoms with van der Waals surface area (Å²) in [6, 6.07) is 12.7. The van der Waals surface area contributed by atoms with Gasteiger partial charge in [-0.05, 0) is 44.5 Å². The van der Waals surface area contributed by atoms with Crippen LogP contribution in [0, 0.1) is 0 Å². The zero-order chi connectivity index (χ0) is 24.8. The van der Waals surface area contributed by atoms with Gasteiger partial charge in [0.15, 0.2) is 0 Å². The van der Waals surface area contributed by atoms with Gasteiger partial charge in [0.05, 0.1) is 24.1 Å². The van der Waals surface area contributed by atoms with Crippen LogP contribution in [0.25, 0.3) is 0 Å². The number of nitrogens with one attached hydrogen (secondary N) is 1. The van der Waals surface area contributed by atoms with Gasteiger partial charge < -0.3 is 15.0 Å². The number of hydrogen-bond acceptors (Lipinski definition) is 5. The molecule has 2 rings (SSSR count). The molecule has 1 N–H and O–H groups in total. The molecule has 0 saturated heterocycles. The molecule has 0 heterocycles. The smallest absolute Gasteiger partial charge is 0.244 e. The van der Waals surface area contributed by atoms with Crippen molar-refractivity contribution in [2.24, 2.45) is 0 Å². The minimum atomic E-state index is -3.83. The van der Waals surface area contributed by atoms with Crippen LogP contribution in [-0.4, -0.2) is 57.1 Å². The lowest BCUT2D eigenvalue weighted by Gasteiger charge is -2.32. The summed E-state index contributed by atoms with van der Waals surface area (Å²) >= 11 is 6.18. The number of methoxy groups -OCH3 is 1. The Morgan fingerprint density at radius 1 is 1.09 bits per heavy atom. The quantitative estimate of drug-likeness (QED) is 0.546. The molecule has 0 saturated carbocycles. The van der Waals surface area contributed by atoms with Crippen molar-refractivity contribution in [1.82, 2.24) is 10.2 Å². The first kappa shape index (κ1) is 26.5. The second-order valence-electron chi connectivity index (χ2n) is 7.93. The summed E-state index contributed by atoms with van der Waals surface area (Å²) in [5.74, 6) is -0.472. The Bertz CT molecular complexity index is 1080. The molecule has 0 aliphatic rings. The van der Waals surface area contributed by atoms with E-state index in [0.717, 1.165) is 16.1 Å². The number of halogens is 1. The summed E-state index contributed by atoms with van der Waals surface area (Å²) in [6.45, 7) is 4.92. The van der Waals surface area contributed by atoms with Crippen LogP contribution in [0.15, 0.2) is 48.5 Å². The van der Waals surface area contributed by atoms with Crippen LogP contribution in [0.1, 0.15) is 26.3 Å². The molecule has 8 nitrogen and oxygen atoms in total. The molecule has 2 aromatic carbocycles. The summed E-state index contributed by atoms with van der Waals surface area (Å²) < 4.78 is 31.2. The minimum Gasteiger partial charge on any atom is -0.495 e. The van der Waals surface area contributed by atoms with Crippen LogP contribution in [0.3, 0.4) is 0 Å². The van der Waals surface area contributed by atoms with E-state index in [4.69, 9.17) is 16.3 Å². The molecule has 0 unspecified atom stereocenters. The standard InChI is InChI=1S/C23H30ClN3O5S/c1-16(2)25-23(29)17(3)26(14-18-9-7-6-8-10-18)22(28)15-27(33(5,30)31)19-11-12-21(32-4)20(24)13-19/h6-13,16-17H,14-15H2,1-5H3,(H,25,29)/t17-/m1/s1. The Hall–Kier alpha value is -2.78. The fraction of sp³-hybridized carbons (Fsp3) is 0.391. The Balaban J connectivity index is 2.39. The Labute approximate surface area is 200 Å². The van der Waals surface area contributed by atoms with Crippen LogP contribution >= 0.6 is 11.6 Å². The Kier molecular flexibility index (Phi) is 9.13. The van der Waals surface area contributed by atoms with Gasteiger partial charge in [-0.15, -0.1) is 0 Å². The van der Waals surface area contributed by atoms with E-state index in [9.17, 15) is 18.0 Å². The molecule has 0 aliphatic heterocycles. The predicted octanol–water partition coefficient (Wildman–Crippen LogP) is 3.06. The van der Waals surface area contributed by atoms with E-state index in [-0.39, 0.29) is 29.2 Å². The van der Waals surface area contributed by atoms with Gasteiger partial charge in [0.25, 0.3) is 0 Å². The third-order valence-corrected chi connectivity index (χ3v) is 6.33. The fourth-order valence-electron chi connectivity index (χ4n) is 3.19. The lowest BCUT2D eigenvalue weighted by Crippen LogP contribution is -2.52. The number of carbonyl (C=O) groups is 2. The van der Waals surface area contributed by atoms with E-state index in [1.165, 1.54) is 30.2 Å². The number of anilines is 1. The number of ether oxygens (including phenoxy) is 1. The monoisotopic (exact) mass is 495 g/mol. The molecule has 33 heavy (non-hydrogen) atoms. The van der Waals surface area contributed by atoms with E-state index in [1.807, 2.05) is 44.2 Å². The van der Waals surface area contributed by atoms with Crippen molar-refractivity contribution in [3.63, 3.8) is 0 Å². The number of benzene rings is 2. The second kappa shape index (κ2) is 11.4. The molecule has 2 aromatic rings. The van der Waals surface area contributed by atoms with Gasteiger partial charge in [0.2, 0.25) is 21.8 Å². The van der Waals surface area contributed by atoms with Crippen LogP contribution in [0.5, 0.6) is 5.75 Å². The largest absolute Gasteiger partial charge is 0.495 e. The van der Waals surface area contributed by atoms with Crippen LogP contribution in [0.2, 0.25) is 5.02 Å². The highest BCUT2D eigenvalue weighted by Gasteiger charge is 2.30. The van der Waals surface area contributed by atoms with E-state index in [1.54, 1.807) is 6.92 Å². The van der Waals surface area contributed by atoms with Crippen molar-refractivity contribution in [2.75, 3.05) is 24.2 Å². The van der Waals surface area contributed by atoms with Gasteiger partial charge in [-0.2, -0.15) is 0 Å². The van der Waals surface area contributed by atoms with E-state index < -0.39 is 28.5 Å². The minimum absolute atomic E-state index is 0.109. The lowest BCUT2D eigenvalue weighted by atomic mass is 10.1. The molecule has 180 valence electrons. The molecular weight excluding hydrogens is 466 g/mol. The van der Waals surface area contributed by atoms with Crippen molar-refractivity contribution in [2.45, 2.75) is 39.4 Å². The van der Waals surface area contributed by atoms with Gasteiger partial charge in [-0.25, -0.2) is 8.42 Å². The zero-order valence-corrected chi connectivity index (χ0v) is 21.0. The third kappa shape index (κ3) is 7.36. The van der Waals surface area contributed by atoms with E-state index in [2.05, 4.69) is 5.32 Å². The molecular formula is C23H30ClN3O5S. The van der Waals surface area contributed by atoms with Crippen molar-refractivity contribution >= 4 is 39.1 Å².